The molecule has 18 heavy (non-hydrogen) atoms. The zero-order chi connectivity index (χ0) is 13.4. The molecule has 0 saturated carbocycles. The number of nitrogens with two attached hydrogens (primary N) is 1. The highest BCUT2D eigenvalue weighted by molar-refractivity contribution is 7.98. The second kappa shape index (κ2) is 8.57. The molecule has 1 aromatic rings. The maximum absolute atomic E-state index is 5.56. The molecule has 3 heteroatoms. The predicted octanol–water partition coefficient (Wildman–Crippen LogP) is 2.76. The van der Waals surface area contributed by atoms with Crippen molar-refractivity contribution in [3.63, 3.8) is 0 Å². The molecule has 102 valence electrons. The van der Waals surface area contributed by atoms with Crippen LogP contribution in [-0.2, 0) is 13.0 Å². The molecule has 1 unspecified atom stereocenters. The molecular weight excluding hydrogens is 240 g/mol. The largest absolute Gasteiger partial charge is 0.330 e. The Morgan fingerprint density at radius 1 is 1.22 bits per heavy atom. The third-order valence-electron chi connectivity index (χ3n) is 3.38. The first-order chi connectivity index (χ1) is 8.67. The molecule has 0 aromatic heterocycles. The quantitative estimate of drug-likeness (QED) is 0.784. The van der Waals surface area contributed by atoms with Crippen LogP contribution in [0.25, 0.3) is 0 Å². The molecule has 0 saturated heterocycles. The summed E-state index contributed by atoms with van der Waals surface area (Å²) in [7, 11) is 2.21. The molecule has 0 heterocycles. The van der Waals surface area contributed by atoms with Gasteiger partial charge in [-0.05, 0) is 56.5 Å². The van der Waals surface area contributed by atoms with Crippen molar-refractivity contribution < 1.29 is 0 Å². The fourth-order valence-corrected chi connectivity index (χ4v) is 2.51. The van der Waals surface area contributed by atoms with E-state index >= 15 is 0 Å². The number of rotatable bonds is 8. The van der Waals surface area contributed by atoms with Gasteiger partial charge in [0.05, 0.1) is 0 Å². The summed E-state index contributed by atoms with van der Waals surface area (Å²) < 4.78 is 0. The topological polar surface area (TPSA) is 29.3 Å². The summed E-state index contributed by atoms with van der Waals surface area (Å²) in [5, 5.41) is 0. The van der Waals surface area contributed by atoms with Crippen LogP contribution in [0.4, 0.5) is 0 Å². The van der Waals surface area contributed by atoms with Crippen molar-refractivity contribution in [3.05, 3.63) is 35.4 Å². The van der Waals surface area contributed by atoms with Gasteiger partial charge in [-0.3, -0.25) is 4.90 Å². The molecular formula is C15H26N2S. The van der Waals surface area contributed by atoms with Gasteiger partial charge in [0.2, 0.25) is 0 Å². The van der Waals surface area contributed by atoms with Crippen LogP contribution in [0, 0.1) is 0 Å². The molecule has 0 spiro atoms. The van der Waals surface area contributed by atoms with Gasteiger partial charge < -0.3 is 5.73 Å². The average Bonchev–Trinajstić information content (AvgIpc) is 2.38. The van der Waals surface area contributed by atoms with Crippen molar-refractivity contribution in [3.8, 4) is 0 Å². The van der Waals surface area contributed by atoms with Crippen LogP contribution in [0.1, 0.15) is 24.5 Å². The van der Waals surface area contributed by atoms with E-state index in [2.05, 4.69) is 49.4 Å². The lowest BCUT2D eigenvalue weighted by atomic mass is 10.1. The number of hydrogen-bond acceptors (Lipinski definition) is 3. The maximum Gasteiger partial charge on any atom is 0.0233 e. The summed E-state index contributed by atoms with van der Waals surface area (Å²) in [4.78, 5) is 2.42. The van der Waals surface area contributed by atoms with E-state index in [4.69, 9.17) is 5.73 Å². The van der Waals surface area contributed by atoms with Gasteiger partial charge in [-0.2, -0.15) is 11.8 Å². The van der Waals surface area contributed by atoms with Crippen molar-refractivity contribution in [1.29, 1.82) is 0 Å². The minimum atomic E-state index is 0.640. The second-order valence-corrected chi connectivity index (χ2v) is 5.89. The van der Waals surface area contributed by atoms with Gasteiger partial charge in [0.15, 0.2) is 0 Å². The summed E-state index contributed by atoms with van der Waals surface area (Å²) in [6.07, 6.45) is 4.39. The highest BCUT2D eigenvalue weighted by Gasteiger charge is 2.08. The first-order valence-electron chi connectivity index (χ1n) is 6.64. The third-order valence-corrected chi connectivity index (χ3v) is 4.02. The predicted molar refractivity (Wildman–Crippen MR) is 83.1 cm³/mol. The van der Waals surface area contributed by atoms with Gasteiger partial charge in [-0.1, -0.05) is 24.3 Å². The summed E-state index contributed by atoms with van der Waals surface area (Å²) in [5.74, 6) is 1.24. The first-order valence-corrected chi connectivity index (χ1v) is 8.03. The van der Waals surface area contributed by atoms with Crippen LogP contribution < -0.4 is 5.73 Å². The van der Waals surface area contributed by atoms with Crippen molar-refractivity contribution in [1.82, 2.24) is 4.90 Å². The lowest BCUT2D eigenvalue weighted by Gasteiger charge is -2.24. The Kier molecular flexibility index (Phi) is 7.40. The van der Waals surface area contributed by atoms with Crippen LogP contribution >= 0.6 is 11.8 Å². The van der Waals surface area contributed by atoms with Gasteiger partial charge in [0.1, 0.15) is 0 Å². The highest BCUT2D eigenvalue weighted by Crippen LogP contribution is 2.11. The van der Waals surface area contributed by atoms with Gasteiger partial charge in [0.25, 0.3) is 0 Å². The van der Waals surface area contributed by atoms with E-state index in [9.17, 15) is 0 Å². The van der Waals surface area contributed by atoms with E-state index in [1.807, 2.05) is 11.8 Å². The lowest BCUT2D eigenvalue weighted by molar-refractivity contribution is 0.245. The molecule has 0 aliphatic heterocycles. The van der Waals surface area contributed by atoms with E-state index in [1.54, 1.807) is 0 Å². The second-order valence-electron chi connectivity index (χ2n) is 4.90. The Labute approximate surface area is 116 Å². The van der Waals surface area contributed by atoms with Crippen LogP contribution in [-0.4, -0.2) is 36.5 Å². The minimum absolute atomic E-state index is 0.640. The number of hydrogen-bond donors (Lipinski definition) is 1. The summed E-state index contributed by atoms with van der Waals surface area (Å²) in [6, 6.07) is 9.48. The van der Waals surface area contributed by atoms with E-state index in [0.717, 1.165) is 19.5 Å². The maximum atomic E-state index is 5.56. The SMILES string of the molecule is CSCCC(C)N(C)Cc1ccc(CCN)cc1. The van der Waals surface area contributed by atoms with E-state index < -0.39 is 0 Å². The smallest absolute Gasteiger partial charge is 0.0233 e. The average molecular weight is 266 g/mol. The van der Waals surface area contributed by atoms with Crippen molar-refractivity contribution >= 4 is 11.8 Å². The normalized spacial score (nSPS) is 12.9. The zero-order valence-electron chi connectivity index (χ0n) is 11.9. The van der Waals surface area contributed by atoms with Gasteiger partial charge in [-0.15, -0.1) is 0 Å². The molecule has 0 aliphatic carbocycles. The third kappa shape index (κ3) is 5.42. The Hall–Kier alpha value is -0.510. The van der Waals surface area contributed by atoms with Crippen LogP contribution in [0.5, 0.6) is 0 Å². The summed E-state index contributed by atoms with van der Waals surface area (Å²) in [5.41, 5.74) is 8.27. The van der Waals surface area contributed by atoms with Gasteiger partial charge >= 0.3 is 0 Å². The monoisotopic (exact) mass is 266 g/mol. The molecule has 2 nitrogen and oxygen atoms in total. The van der Waals surface area contributed by atoms with Crippen molar-refractivity contribution in [2.24, 2.45) is 5.73 Å². The van der Waals surface area contributed by atoms with Crippen LogP contribution in [0.2, 0.25) is 0 Å². The van der Waals surface area contributed by atoms with E-state index in [1.165, 1.54) is 23.3 Å². The fraction of sp³-hybridized carbons (Fsp3) is 0.600. The fourth-order valence-electron chi connectivity index (χ4n) is 1.93. The Bertz CT molecular complexity index is 324. The molecule has 0 amide bonds. The molecule has 0 fully saturated rings. The summed E-state index contributed by atoms with van der Waals surface area (Å²) >= 11 is 1.92. The van der Waals surface area contributed by atoms with Gasteiger partial charge in [0, 0.05) is 12.6 Å². The number of nitrogens with zero attached hydrogens (tertiary/aromatic N) is 1. The van der Waals surface area contributed by atoms with Crippen LogP contribution in [0.15, 0.2) is 24.3 Å². The van der Waals surface area contributed by atoms with E-state index in [-0.39, 0.29) is 0 Å². The Balaban J connectivity index is 2.45. The zero-order valence-corrected chi connectivity index (χ0v) is 12.7. The number of benzene rings is 1. The standard InChI is InChI=1S/C15H26N2S/c1-13(9-11-18-3)17(2)12-15-6-4-14(5-7-15)8-10-16/h4-7,13H,8-12,16H2,1-3H3. The van der Waals surface area contributed by atoms with Crippen LogP contribution in [0.3, 0.4) is 0 Å². The lowest BCUT2D eigenvalue weighted by Crippen LogP contribution is -2.29. The van der Waals surface area contributed by atoms with Crippen molar-refractivity contribution in [2.75, 3.05) is 25.6 Å². The molecule has 1 aromatic carbocycles. The molecule has 0 aliphatic rings. The molecule has 1 rings (SSSR count). The molecule has 0 bridgehead atoms. The van der Waals surface area contributed by atoms with E-state index in [0.29, 0.717) is 6.04 Å². The Morgan fingerprint density at radius 3 is 2.39 bits per heavy atom. The molecule has 2 N–H and O–H groups in total. The molecule has 1 atom stereocenters. The Morgan fingerprint density at radius 2 is 1.83 bits per heavy atom. The number of thioether (sulfide) groups is 1. The highest BCUT2D eigenvalue weighted by atomic mass is 32.2. The molecule has 0 radical (unpaired) electrons. The van der Waals surface area contributed by atoms with Gasteiger partial charge in [-0.25, -0.2) is 0 Å². The summed E-state index contributed by atoms with van der Waals surface area (Å²) in [6.45, 7) is 4.06. The van der Waals surface area contributed by atoms with Crippen molar-refractivity contribution in [2.45, 2.75) is 32.4 Å². The minimum Gasteiger partial charge on any atom is -0.330 e. The first kappa shape index (κ1) is 15.5.